The summed E-state index contributed by atoms with van der Waals surface area (Å²) < 4.78 is 36.4. The molecule has 0 spiro atoms. The summed E-state index contributed by atoms with van der Waals surface area (Å²) in [7, 11) is 0. The van der Waals surface area contributed by atoms with Crippen LogP contribution in [0.15, 0.2) is 0 Å². The summed E-state index contributed by atoms with van der Waals surface area (Å²) in [6, 6.07) is -0.287. The van der Waals surface area contributed by atoms with Crippen LogP contribution in [0.3, 0.4) is 0 Å². The predicted molar refractivity (Wildman–Crippen MR) is 60.3 cm³/mol. The minimum atomic E-state index is -4.23. The van der Waals surface area contributed by atoms with Gasteiger partial charge in [-0.15, -0.1) is 0 Å². The number of rotatable bonds is 5. The Balaban J connectivity index is 2.48. The molecular weight excluding hydrogens is 249 g/mol. The first kappa shape index (κ1) is 15.2. The van der Waals surface area contributed by atoms with Gasteiger partial charge in [-0.2, -0.15) is 13.2 Å². The van der Waals surface area contributed by atoms with Crippen molar-refractivity contribution in [2.75, 3.05) is 26.2 Å². The van der Waals surface area contributed by atoms with Gasteiger partial charge in [-0.1, -0.05) is 13.3 Å². The number of nitrogens with zero attached hydrogens (tertiary/aromatic N) is 1. The summed E-state index contributed by atoms with van der Waals surface area (Å²) in [5.41, 5.74) is 0. The van der Waals surface area contributed by atoms with Gasteiger partial charge in [0.15, 0.2) is 0 Å². The topological polar surface area (TPSA) is 52.6 Å². The number of hydrogen-bond donors (Lipinski definition) is 2. The van der Waals surface area contributed by atoms with E-state index in [1.807, 2.05) is 6.92 Å². The second-order valence-corrected chi connectivity index (χ2v) is 4.79. The molecule has 0 radical (unpaired) electrons. The van der Waals surface area contributed by atoms with Crippen molar-refractivity contribution in [2.24, 2.45) is 5.92 Å². The second-order valence-electron chi connectivity index (χ2n) is 4.79. The van der Waals surface area contributed by atoms with Crippen molar-refractivity contribution >= 4 is 5.97 Å². The van der Waals surface area contributed by atoms with Gasteiger partial charge in [-0.05, 0) is 12.3 Å². The molecule has 7 heteroatoms. The zero-order valence-corrected chi connectivity index (χ0v) is 10.3. The number of piperidine rings is 1. The van der Waals surface area contributed by atoms with Gasteiger partial charge in [0.25, 0.3) is 0 Å². The lowest BCUT2D eigenvalue weighted by Crippen LogP contribution is -2.52. The summed E-state index contributed by atoms with van der Waals surface area (Å²) >= 11 is 0. The van der Waals surface area contributed by atoms with E-state index in [9.17, 15) is 18.0 Å². The molecule has 1 aliphatic rings. The van der Waals surface area contributed by atoms with E-state index in [0.717, 1.165) is 6.42 Å². The van der Waals surface area contributed by atoms with Gasteiger partial charge < -0.3 is 10.4 Å². The molecule has 2 unspecified atom stereocenters. The van der Waals surface area contributed by atoms with Crippen LogP contribution >= 0.6 is 0 Å². The molecule has 0 amide bonds. The Hall–Kier alpha value is -0.820. The minimum absolute atomic E-state index is 0.110. The molecule has 1 fully saturated rings. The Morgan fingerprint density at radius 1 is 1.44 bits per heavy atom. The highest BCUT2D eigenvalue weighted by Gasteiger charge is 2.32. The smallest absolute Gasteiger partial charge is 0.401 e. The highest BCUT2D eigenvalue weighted by molar-refractivity contribution is 5.69. The zero-order valence-electron chi connectivity index (χ0n) is 10.3. The lowest BCUT2D eigenvalue weighted by atomic mass is 9.92. The van der Waals surface area contributed by atoms with Gasteiger partial charge in [0, 0.05) is 19.1 Å². The average Bonchev–Trinajstić information content (AvgIpc) is 2.24. The summed E-state index contributed by atoms with van der Waals surface area (Å²) in [6.45, 7) is 1.84. The lowest BCUT2D eigenvalue weighted by molar-refractivity contribution is -0.139. The Morgan fingerprint density at radius 2 is 2.11 bits per heavy atom. The van der Waals surface area contributed by atoms with E-state index in [1.54, 1.807) is 4.90 Å². The van der Waals surface area contributed by atoms with E-state index >= 15 is 0 Å². The maximum absolute atomic E-state index is 12.1. The zero-order chi connectivity index (χ0) is 13.8. The number of alkyl halides is 3. The number of carboxylic acids is 1. The Bertz CT molecular complexity index is 284. The van der Waals surface area contributed by atoms with E-state index < -0.39 is 18.7 Å². The first-order valence-electron chi connectivity index (χ1n) is 6.04. The Morgan fingerprint density at radius 3 is 2.61 bits per heavy atom. The highest BCUT2D eigenvalue weighted by atomic mass is 19.4. The van der Waals surface area contributed by atoms with Gasteiger partial charge in [0.05, 0.1) is 13.1 Å². The molecule has 0 aliphatic carbocycles. The third kappa shape index (κ3) is 5.68. The van der Waals surface area contributed by atoms with Crippen LogP contribution in [0, 0.1) is 5.92 Å². The van der Waals surface area contributed by atoms with Crippen molar-refractivity contribution in [3.63, 3.8) is 0 Å². The van der Waals surface area contributed by atoms with Gasteiger partial charge >= 0.3 is 12.1 Å². The van der Waals surface area contributed by atoms with Gasteiger partial charge in [-0.3, -0.25) is 9.69 Å². The van der Waals surface area contributed by atoms with E-state index in [1.165, 1.54) is 0 Å². The molecule has 0 bridgehead atoms. The van der Waals surface area contributed by atoms with Gasteiger partial charge in [-0.25, -0.2) is 0 Å². The molecular formula is C11H19F3N2O2. The Kier molecular flexibility index (Phi) is 5.40. The number of aliphatic carboxylic acids is 1. The summed E-state index contributed by atoms with van der Waals surface area (Å²) in [5.74, 6) is -0.690. The quantitative estimate of drug-likeness (QED) is 0.789. The number of likely N-dealkylation sites (tertiary alicyclic amines) is 1. The van der Waals surface area contributed by atoms with Gasteiger partial charge in [0.2, 0.25) is 0 Å². The number of hydrogen-bond acceptors (Lipinski definition) is 3. The number of carbonyl (C=O) groups is 1. The van der Waals surface area contributed by atoms with Crippen LogP contribution in [0.1, 0.15) is 19.8 Å². The van der Waals surface area contributed by atoms with Crippen molar-refractivity contribution in [2.45, 2.75) is 32.0 Å². The molecule has 1 heterocycles. The fraction of sp³-hybridized carbons (Fsp3) is 0.909. The average molecular weight is 268 g/mol. The standard InChI is InChI=1S/C11H19F3N2O2/c1-2-8-3-9(15-7-11(12,13)14)5-16(4-8)6-10(17)18/h8-9,15H,2-7H2,1H3,(H,17,18). The second kappa shape index (κ2) is 6.38. The molecule has 2 N–H and O–H groups in total. The van der Waals surface area contributed by atoms with Crippen molar-refractivity contribution in [3.05, 3.63) is 0 Å². The fourth-order valence-electron chi connectivity index (χ4n) is 2.33. The highest BCUT2D eigenvalue weighted by Crippen LogP contribution is 2.21. The minimum Gasteiger partial charge on any atom is -0.480 e. The maximum Gasteiger partial charge on any atom is 0.401 e. The number of halogens is 3. The first-order chi connectivity index (χ1) is 8.30. The van der Waals surface area contributed by atoms with Crippen LogP contribution in [-0.2, 0) is 4.79 Å². The van der Waals surface area contributed by atoms with Crippen LogP contribution in [0.5, 0.6) is 0 Å². The predicted octanol–water partition coefficient (Wildman–Crippen LogP) is 1.32. The van der Waals surface area contributed by atoms with Crippen molar-refractivity contribution in [1.29, 1.82) is 0 Å². The van der Waals surface area contributed by atoms with Crippen LogP contribution < -0.4 is 5.32 Å². The molecule has 0 aromatic carbocycles. The molecule has 4 nitrogen and oxygen atoms in total. The first-order valence-corrected chi connectivity index (χ1v) is 6.04. The molecule has 1 saturated heterocycles. The summed E-state index contributed by atoms with van der Waals surface area (Å²) in [5, 5.41) is 11.2. The van der Waals surface area contributed by atoms with Crippen LogP contribution in [0.25, 0.3) is 0 Å². The maximum atomic E-state index is 12.1. The van der Waals surface area contributed by atoms with E-state index in [2.05, 4.69) is 5.32 Å². The molecule has 106 valence electrons. The number of nitrogens with one attached hydrogen (secondary N) is 1. The van der Waals surface area contributed by atoms with E-state index in [-0.39, 0.29) is 18.5 Å². The Labute approximate surface area is 104 Å². The largest absolute Gasteiger partial charge is 0.480 e. The molecule has 18 heavy (non-hydrogen) atoms. The molecule has 0 aromatic rings. The van der Waals surface area contributed by atoms with Gasteiger partial charge in [0.1, 0.15) is 0 Å². The summed E-state index contributed by atoms with van der Waals surface area (Å²) in [6.07, 6.45) is -2.71. The van der Waals surface area contributed by atoms with Crippen molar-refractivity contribution in [3.8, 4) is 0 Å². The fourth-order valence-corrected chi connectivity index (χ4v) is 2.33. The third-order valence-electron chi connectivity index (χ3n) is 3.14. The lowest BCUT2D eigenvalue weighted by Gasteiger charge is -2.37. The molecule has 0 saturated carbocycles. The monoisotopic (exact) mass is 268 g/mol. The summed E-state index contributed by atoms with van der Waals surface area (Å²) in [4.78, 5) is 12.3. The normalized spacial score (nSPS) is 26.2. The third-order valence-corrected chi connectivity index (χ3v) is 3.14. The van der Waals surface area contributed by atoms with E-state index in [0.29, 0.717) is 19.5 Å². The molecule has 0 aromatic heterocycles. The van der Waals surface area contributed by atoms with Crippen LogP contribution in [-0.4, -0.2) is 54.4 Å². The van der Waals surface area contributed by atoms with E-state index in [4.69, 9.17) is 5.11 Å². The van der Waals surface area contributed by atoms with Crippen molar-refractivity contribution < 1.29 is 23.1 Å². The number of carboxylic acid groups (broad SMARTS) is 1. The molecule has 2 atom stereocenters. The molecule has 1 aliphatic heterocycles. The van der Waals surface area contributed by atoms with Crippen LogP contribution in [0.2, 0.25) is 0 Å². The van der Waals surface area contributed by atoms with Crippen LogP contribution in [0.4, 0.5) is 13.2 Å². The van der Waals surface area contributed by atoms with Crippen molar-refractivity contribution in [1.82, 2.24) is 10.2 Å². The molecule has 1 rings (SSSR count). The SMILES string of the molecule is CCC1CC(NCC(F)(F)F)CN(CC(=O)O)C1.